The molecule has 2 amide bonds. The Morgan fingerprint density at radius 2 is 1.86 bits per heavy atom. The largest absolute Gasteiger partial charge is 0.352 e. The molecule has 21 heavy (non-hydrogen) atoms. The van der Waals surface area contributed by atoms with E-state index in [-0.39, 0.29) is 17.9 Å². The van der Waals surface area contributed by atoms with Crippen LogP contribution < -0.4 is 10.6 Å². The molecule has 2 N–H and O–H groups in total. The summed E-state index contributed by atoms with van der Waals surface area (Å²) in [7, 11) is 1.90. The van der Waals surface area contributed by atoms with Gasteiger partial charge in [0.2, 0.25) is 11.8 Å². The summed E-state index contributed by atoms with van der Waals surface area (Å²) in [5.74, 6) is 0.367. The normalized spacial score (nSPS) is 21.1. The number of hydrogen-bond donors (Lipinski definition) is 2. The summed E-state index contributed by atoms with van der Waals surface area (Å²) in [4.78, 5) is 28.2. The van der Waals surface area contributed by atoms with Crippen LogP contribution in [0.4, 0.5) is 0 Å². The van der Waals surface area contributed by atoms with Crippen LogP contribution in [0.25, 0.3) is 0 Å². The predicted octanol–water partition coefficient (Wildman–Crippen LogP) is -0.203. The van der Waals surface area contributed by atoms with Gasteiger partial charge in [-0.1, -0.05) is 0 Å². The molecule has 2 rings (SSSR count). The highest BCUT2D eigenvalue weighted by Crippen LogP contribution is 2.19. The van der Waals surface area contributed by atoms with E-state index in [1.165, 1.54) is 0 Å². The van der Waals surface area contributed by atoms with E-state index < -0.39 is 0 Å². The lowest BCUT2D eigenvalue weighted by Crippen LogP contribution is -2.55. The number of carbonyl (C=O) groups is 2. The second-order valence-corrected chi connectivity index (χ2v) is 6.08. The Bertz CT molecular complexity index is 363. The molecule has 1 atom stereocenters. The van der Waals surface area contributed by atoms with Crippen molar-refractivity contribution in [3.8, 4) is 0 Å². The third kappa shape index (κ3) is 4.97. The van der Waals surface area contributed by atoms with Crippen LogP contribution in [0.5, 0.6) is 0 Å². The minimum atomic E-state index is -0.0906. The Labute approximate surface area is 127 Å². The Balaban J connectivity index is 1.69. The lowest BCUT2D eigenvalue weighted by atomic mass is 10.2. The second kappa shape index (κ2) is 7.75. The molecule has 1 aliphatic heterocycles. The fraction of sp³-hybridized carbons (Fsp3) is 0.867. The molecule has 2 fully saturated rings. The van der Waals surface area contributed by atoms with E-state index in [0.29, 0.717) is 12.5 Å². The lowest BCUT2D eigenvalue weighted by Gasteiger charge is -2.37. The zero-order valence-electron chi connectivity index (χ0n) is 13.2. The first kappa shape index (κ1) is 16.2. The summed E-state index contributed by atoms with van der Waals surface area (Å²) < 4.78 is 0. The molecule has 1 heterocycles. The Morgan fingerprint density at radius 3 is 2.43 bits per heavy atom. The van der Waals surface area contributed by atoms with Crippen molar-refractivity contribution in [3.63, 3.8) is 0 Å². The summed E-state index contributed by atoms with van der Waals surface area (Å²) in [5.41, 5.74) is 0. The van der Waals surface area contributed by atoms with Crippen molar-refractivity contribution in [2.75, 3.05) is 39.8 Å². The van der Waals surface area contributed by atoms with Gasteiger partial charge in [-0.05, 0) is 39.8 Å². The minimum absolute atomic E-state index is 0.0906. The summed E-state index contributed by atoms with van der Waals surface area (Å²) in [6, 6.07) is 0.321. The molecule has 0 aromatic heterocycles. The van der Waals surface area contributed by atoms with E-state index in [9.17, 15) is 9.59 Å². The second-order valence-electron chi connectivity index (χ2n) is 6.08. The first-order valence-corrected chi connectivity index (χ1v) is 8.08. The highest BCUT2D eigenvalue weighted by atomic mass is 16.2. The molecule has 1 saturated carbocycles. The van der Waals surface area contributed by atoms with Gasteiger partial charge in [0.15, 0.2) is 0 Å². The summed E-state index contributed by atoms with van der Waals surface area (Å²) in [6.45, 7) is 5.89. The van der Waals surface area contributed by atoms with Crippen molar-refractivity contribution >= 4 is 11.8 Å². The monoisotopic (exact) mass is 296 g/mol. The van der Waals surface area contributed by atoms with E-state index in [2.05, 4.69) is 15.5 Å². The number of piperazine rings is 1. The third-order valence-corrected chi connectivity index (χ3v) is 4.34. The van der Waals surface area contributed by atoms with Gasteiger partial charge in [0.05, 0.1) is 6.04 Å². The molecule has 6 nitrogen and oxygen atoms in total. The molecule has 0 spiro atoms. The van der Waals surface area contributed by atoms with Crippen LogP contribution in [-0.2, 0) is 9.59 Å². The number of hydrogen-bond acceptors (Lipinski definition) is 4. The average Bonchev–Trinajstić information content (AvgIpc) is 3.30. The molecule has 0 aromatic carbocycles. The van der Waals surface area contributed by atoms with E-state index in [1.54, 1.807) is 0 Å². The van der Waals surface area contributed by atoms with E-state index >= 15 is 0 Å². The quantitative estimate of drug-likeness (QED) is 0.639. The molecule has 1 aliphatic carbocycles. The minimum Gasteiger partial charge on any atom is -0.352 e. The Kier molecular flexibility index (Phi) is 5.99. The maximum absolute atomic E-state index is 12.0. The fourth-order valence-electron chi connectivity index (χ4n) is 2.65. The van der Waals surface area contributed by atoms with Crippen LogP contribution in [0, 0.1) is 0 Å². The van der Waals surface area contributed by atoms with Crippen LogP contribution in [0.1, 0.15) is 32.6 Å². The smallest absolute Gasteiger partial charge is 0.237 e. The fourth-order valence-corrected chi connectivity index (χ4v) is 2.65. The van der Waals surface area contributed by atoms with Gasteiger partial charge in [-0.2, -0.15) is 0 Å². The van der Waals surface area contributed by atoms with Crippen LogP contribution in [-0.4, -0.2) is 73.5 Å². The van der Waals surface area contributed by atoms with Gasteiger partial charge in [0.25, 0.3) is 0 Å². The highest BCUT2D eigenvalue weighted by molar-refractivity contribution is 5.82. The van der Waals surface area contributed by atoms with Gasteiger partial charge in [0.1, 0.15) is 0 Å². The highest BCUT2D eigenvalue weighted by Gasteiger charge is 2.30. The predicted molar refractivity (Wildman–Crippen MR) is 81.9 cm³/mol. The zero-order chi connectivity index (χ0) is 15.2. The Hall–Kier alpha value is -1.14. The van der Waals surface area contributed by atoms with E-state index in [1.807, 2.05) is 18.9 Å². The zero-order valence-corrected chi connectivity index (χ0v) is 13.2. The topological polar surface area (TPSA) is 64.7 Å². The van der Waals surface area contributed by atoms with Gasteiger partial charge >= 0.3 is 0 Å². The molecule has 120 valence electrons. The molecular formula is C15H28N4O2. The van der Waals surface area contributed by atoms with Crippen molar-refractivity contribution in [1.29, 1.82) is 0 Å². The molecule has 2 aliphatic rings. The van der Waals surface area contributed by atoms with Crippen LogP contribution in [0.3, 0.4) is 0 Å². The van der Waals surface area contributed by atoms with Crippen molar-refractivity contribution in [2.24, 2.45) is 0 Å². The first-order chi connectivity index (χ1) is 10.1. The summed E-state index contributed by atoms with van der Waals surface area (Å²) >= 11 is 0. The van der Waals surface area contributed by atoms with Crippen LogP contribution in [0.2, 0.25) is 0 Å². The van der Waals surface area contributed by atoms with Crippen LogP contribution in [0.15, 0.2) is 0 Å². The molecule has 0 bridgehead atoms. The number of carbonyl (C=O) groups excluding carboxylic acids is 2. The van der Waals surface area contributed by atoms with Crippen LogP contribution >= 0.6 is 0 Å². The maximum Gasteiger partial charge on any atom is 0.237 e. The molecule has 0 radical (unpaired) electrons. The van der Waals surface area contributed by atoms with Gasteiger partial charge in [-0.25, -0.2) is 0 Å². The molecular weight excluding hydrogens is 268 g/mol. The third-order valence-electron chi connectivity index (χ3n) is 4.34. The molecule has 0 aromatic rings. The van der Waals surface area contributed by atoms with Gasteiger partial charge in [0, 0.05) is 38.6 Å². The first-order valence-electron chi connectivity index (χ1n) is 8.08. The van der Waals surface area contributed by atoms with Gasteiger partial charge in [-0.15, -0.1) is 0 Å². The lowest BCUT2D eigenvalue weighted by molar-refractivity contribution is -0.134. The van der Waals surface area contributed by atoms with Crippen molar-refractivity contribution < 1.29 is 9.59 Å². The number of nitrogens with one attached hydrogen (secondary N) is 2. The van der Waals surface area contributed by atoms with E-state index in [4.69, 9.17) is 0 Å². The molecule has 1 unspecified atom stereocenters. The van der Waals surface area contributed by atoms with Crippen molar-refractivity contribution in [3.05, 3.63) is 0 Å². The van der Waals surface area contributed by atoms with Crippen molar-refractivity contribution in [1.82, 2.24) is 20.4 Å². The SMILES string of the molecule is CNCCCC(=O)N1CCN(C(C)C(=O)NC2CC2)CC1. The summed E-state index contributed by atoms with van der Waals surface area (Å²) in [6.07, 6.45) is 3.73. The Morgan fingerprint density at radius 1 is 1.19 bits per heavy atom. The standard InChI is InChI=1S/C15H28N4O2/c1-12(15(21)17-13-5-6-13)18-8-10-19(11-9-18)14(20)4-3-7-16-2/h12-13,16H,3-11H2,1-2H3,(H,17,21). The molecule has 6 heteroatoms. The summed E-state index contributed by atoms with van der Waals surface area (Å²) in [5, 5.41) is 6.11. The van der Waals surface area contributed by atoms with Gasteiger partial charge in [-0.3, -0.25) is 14.5 Å². The number of rotatable bonds is 7. The van der Waals surface area contributed by atoms with E-state index in [0.717, 1.165) is 52.0 Å². The van der Waals surface area contributed by atoms with Gasteiger partial charge < -0.3 is 15.5 Å². The van der Waals surface area contributed by atoms with Crippen molar-refractivity contribution in [2.45, 2.75) is 44.7 Å². The average molecular weight is 296 g/mol. The number of amides is 2. The molecule has 1 saturated heterocycles. The number of nitrogens with zero attached hydrogens (tertiary/aromatic N) is 2. The maximum atomic E-state index is 12.0.